The van der Waals surface area contributed by atoms with E-state index in [-0.39, 0.29) is 24.1 Å². The molecule has 0 unspecified atom stereocenters. The van der Waals surface area contributed by atoms with Crippen LogP contribution in [0, 0.1) is 11.2 Å². The van der Waals surface area contributed by atoms with Crippen LogP contribution < -0.4 is 0 Å². The molecule has 1 aromatic carbocycles. The summed E-state index contributed by atoms with van der Waals surface area (Å²) in [5.74, 6) is -0.635. The lowest BCUT2D eigenvalue weighted by molar-refractivity contribution is -0.143. The predicted molar refractivity (Wildman–Crippen MR) is 82.8 cm³/mol. The first-order valence-electron chi connectivity index (χ1n) is 7.34. The van der Waals surface area contributed by atoms with Gasteiger partial charge in [-0.1, -0.05) is 32.9 Å². The molecule has 0 radical (unpaired) electrons. The van der Waals surface area contributed by atoms with Gasteiger partial charge in [0.25, 0.3) is 0 Å². The second kappa shape index (κ2) is 7.92. The lowest BCUT2D eigenvalue weighted by atomic mass is 9.94. The Bertz CT molecular complexity index is 506. The maximum atomic E-state index is 12.9. The molecule has 1 rings (SSSR count). The Morgan fingerprint density at radius 1 is 1.14 bits per heavy atom. The van der Waals surface area contributed by atoms with E-state index in [1.54, 1.807) is 17.0 Å². The zero-order chi connectivity index (χ0) is 16.8. The third kappa shape index (κ3) is 5.84. The molecular formula is C17H24FNO3. The minimum absolute atomic E-state index is 0.0153. The highest BCUT2D eigenvalue weighted by molar-refractivity contribution is 5.82. The molecule has 0 saturated heterocycles. The minimum atomic E-state index is -0.515. The number of halogens is 1. The van der Waals surface area contributed by atoms with Gasteiger partial charge in [0, 0.05) is 18.5 Å². The predicted octanol–water partition coefficient (Wildman–Crippen LogP) is 2.81. The van der Waals surface area contributed by atoms with E-state index in [1.165, 1.54) is 19.2 Å². The van der Waals surface area contributed by atoms with Crippen molar-refractivity contribution in [2.24, 2.45) is 5.41 Å². The molecular weight excluding hydrogens is 285 g/mol. The summed E-state index contributed by atoms with van der Waals surface area (Å²) < 4.78 is 17.5. The van der Waals surface area contributed by atoms with Gasteiger partial charge in [0.2, 0.25) is 5.91 Å². The average Bonchev–Trinajstić information content (AvgIpc) is 2.47. The van der Waals surface area contributed by atoms with E-state index >= 15 is 0 Å². The third-order valence-electron chi connectivity index (χ3n) is 3.33. The Labute approximate surface area is 131 Å². The molecule has 0 aromatic heterocycles. The number of amides is 1. The molecule has 0 fully saturated rings. The van der Waals surface area contributed by atoms with Gasteiger partial charge in [0.1, 0.15) is 5.82 Å². The van der Waals surface area contributed by atoms with Crippen LogP contribution in [-0.2, 0) is 20.7 Å². The summed E-state index contributed by atoms with van der Waals surface area (Å²) in [4.78, 5) is 25.4. The van der Waals surface area contributed by atoms with Crippen molar-refractivity contribution in [1.29, 1.82) is 0 Å². The summed E-state index contributed by atoms with van der Waals surface area (Å²) in [5.41, 5.74) is 0.435. The molecule has 0 saturated carbocycles. The molecule has 0 bridgehead atoms. The quantitative estimate of drug-likeness (QED) is 0.759. The van der Waals surface area contributed by atoms with Crippen LogP contribution in [0.3, 0.4) is 0 Å². The van der Waals surface area contributed by atoms with Gasteiger partial charge in [0.15, 0.2) is 0 Å². The number of benzene rings is 1. The van der Waals surface area contributed by atoms with Crippen LogP contribution in [0.25, 0.3) is 0 Å². The maximum absolute atomic E-state index is 12.9. The second-order valence-electron chi connectivity index (χ2n) is 6.24. The lowest BCUT2D eigenvalue weighted by Crippen LogP contribution is -2.41. The largest absolute Gasteiger partial charge is 0.469 e. The van der Waals surface area contributed by atoms with Crippen LogP contribution >= 0.6 is 0 Å². The van der Waals surface area contributed by atoms with Crippen LogP contribution in [0.5, 0.6) is 0 Å². The number of carbonyl (C=O) groups is 2. The van der Waals surface area contributed by atoms with Crippen LogP contribution in [0.4, 0.5) is 4.39 Å². The second-order valence-corrected chi connectivity index (χ2v) is 6.24. The number of nitrogens with zero attached hydrogens (tertiary/aromatic N) is 1. The SMILES string of the molecule is COC(=O)CCN(CCc1ccc(F)cc1)C(=O)C(C)(C)C. The van der Waals surface area contributed by atoms with Gasteiger partial charge in [-0.3, -0.25) is 9.59 Å². The van der Waals surface area contributed by atoms with Crippen molar-refractivity contribution in [3.63, 3.8) is 0 Å². The Hall–Kier alpha value is -1.91. The molecule has 0 heterocycles. The normalized spacial score (nSPS) is 11.1. The number of ether oxygens (including phenoxy) is 1. The van der Waals surface area contributed by atoms with Gasteiger partial charge in [-0.2, -0.15) is 0 Å². The van der Waals surface area contributed by atoms with Crippen molar-refractivity contribution < 1.29 is 18.7 Å². The standard InChI is InChI=1S/C17H24FNO3/c1-17(2,3)16(21)19(12-10-15(20)22-4)11-9-13-5-7-14(18)8-6-13/h5-8H,9-12H2,1-4H3. The highest BCUT2D eigenvalue weighted by Crippen LogP contribution is 2.18. The van der Waals surface area contributed by atoms with E-state index in [9.17, 15) is 14.0 Å². The fraction of sp³-hybridized carbons (Fsp3) is 0.529. The Kier molecular flexibility index (Phi) is 6.53. The molecule has 0 spiro atoms. The topological polar surface area (TPSA) is 46.6 Å². The fourth-order valence-corrected chi connectivity index (χ4v) is 2.03. The zero-order valence-corrected chi connectivity index (χ0v) is 13.7. The molecule has 0 atom stereocenters. The molecule has 0 aliphatic heterocycles. The van der Waals surface area contributed by atoms with Gasteiger partial charge < -0.3 is 9.64 Å². The van der Waals surface area contributed by atoms with Crippen LogP contribution in [0.2, 0.25) is 0 Å². The molecule has 122 valence electrons. The van der Waals surface area contributed by atoms with Gasteiger partial charge in [-0.25, -0.2) is 4.39 Å². The Morgan fingerprint density at radius 3 is 2.23 bits per heavy atom. The average molecular weight is 309 g/mol. The van der Waals surface area contributed by atoms with E-state index in [0.717, 1.165) is 5.56 Å². The van der Waals surface area contributed by atoms with Gasteiger partial charge >= 0.3 is 5.97 Å². The molecule has 22 heavy (non-hydrogen) atoms. The molecule has 0 aliphatic carbocycles. The molecule has 1 amide bonds. The van der Waals surface area contributed by atoms with Crippen LogP contribution in [-0.4, -0.2) is 37.0 Å². The first-order valence-corrected chi connectivity index (χ1v) is 7.34. The van der Waals surface area contributed by atoms with Crippen molar-refractivity contribution in [2.75, 3.05) is 20.2 Å². The number of hydrogen-bond donors (Lipinski definition) is 0. The molecule has 0 aliphatic rings. The van der Waals surface area contributed by atoms with Gasteiger partial charge in [-0.05, 0) is 24.1 Å². The highest BCUT2D eigenvalue weighted by Gasteiger charge is 2.27. The lowest BCUT2D eigenvalue weighted by Gasteiger charge is -2.29. The molecule has 5 heteroatoms. The maximum Gasteiger partial charge on any atom is 0.307 e. The van der Waals surface area contributed by atoms with E-state index in [2.05, 4.69) is 4.74 Å². The first kappa shape index (κ1) is 18.1. The van der Waals surface area contributed by atoms with Gasteiger partial charge in [0.05, 0.1) is 13.5 Å². The summed E-state index contributed by atoms with van der Waals surface area (Å²) >= 11 is 0. The van der Waals surface area contributed by atoms with E-state index in [1.807, 2.05) is 20.8 Å². The van der Waals surface area contributed by atoms with Crippen LogP contribution in [0.1, 0.15) is 32.8 Å². The molecule has 4 nitrogen and oxygen atoms in total. The van der Waals surface area contributed by atoms with E-state index < -0.39 is 5.41 Å². The number of carbonyl (C=O) groups excluding carboxylic acids is 2. The van der Waals surface area contributed by atoms with Crippen molar-refractivity contribution in [2.45, 2.75) is 33.6 Å². The van der Waals surface area contributed by atoms with Crippen molar-refractivity contribution in [3.8, 4) is 0 Å². The molecule has 1 aromatic rings. The highest BCUT2D eigenvalue weighted by atomic mass is 19.1. The summed E-state index contributed by atoms with van der Waals surface area (Å²) in [6.07, 6.45) is 0.783. The number of hydrogen-bond acceptors (Lipinski definition) is 3. The summed E-state index contributed by atoms with van der Waals surface area (Å²) in [6, 6.07) is 6.21. The van der Waals surface area contributed by atoms with Crippen molar-refractivity contribution >= 4 is 11.9 Å². The summed E-state index contributed by atoms with van der Waals surface area (Å²) in [7, 11) is 1.33. The van der Waals surface area contributed by atoms with Gasteiger partial charge in [-0.15, -0.1) is 0 Å². The summed E-state index contributed by atoms with van der Waals surface area (Å²) in [6.45, 7) is 6.35. The Balaban J connectivity index is 2.70. The monoisotopic (exact) mass is 309 g/mol. The fourth-order valence-electron chi connectivity index (χ4n) is 2.03. The van der Waals surface area contributed by atoms with E-state index in [4.69, 9.17) is 0 Å². The summed E-state index contributed by atoms with van der Waals surface area (Å²) in [5, 5.41) is 0. The Morgan fingerprint density at radius 2 is 1.73 bits per heavy atom. The minimum Gasteiger partial charge on any atom is -0.469 e. The van der Waals surface area contributed by atoms with Crippen LogP contribution in [0.15, 0.2) is 24.3 Å². The third-order valence-corrected chi connectivity index (χ3v) is 3.33. The number of rotatable bonds is 6. The van der Waals surface area contributed by atoms with Crippen molar-refractivity contribution in [1.82, 2.24) is 4.90 Å². The smallest absolute Gasteiger partial charge is 0.307 e. The van der Waals surface area contributed by atoms with E-state index in [0.29, 0.717) is 19.5 Å². The number of methoxy groups -OCH3 is 1. The van der Waals surface area contributed by atoms with Crippen molar-refractivity contribution in [3.05, 3.63) is 35.6 Å². The molecule has 0 N–H and O–H groups in total. The zero-order valence-electron chi connectivity index (χ0n) is 13.7. The number of esters is 1. The first-order chi connectivity index (χ1) is 10.2.